The quantitative estimate of drug-likeness (QED) is 0.799. The first-order valence-electron chi connectivity index (χ1n) is 8.39. The van der Waals surface area contributed by atoms with E-state index >= 15 is 0 Å². The normalized spacial score (nSPS) is 16.9. The van der Waals surface area contributed by atoms with Gasteiger partial charge in [-0.25, -0.2) is 0 Å². The van der Waals surface area contributed by atoms with Crippen molar-refractivity contribution in [3.05, 3.63) is 59.1 Å². The molecule has 0 aromatic heterocycles. The fraction of sp³-hybridized carbons (Fsp3) is 0.263. The van der Waals surface area contributed by atoms with Gasteiger partial charge in [0.15, 0.2) is 0 Å². The molecular formula is C19H16ClF3N2O3. The van der Waals surface area contributed by atoms with Gasteiger partial charge in [-0.15, -0.1) is 13.2 Å². The molecule has 3 rings (SSSR count). The number of hydrogen-bond acceptors (Lipinski definition) is 3. The van der Waals surface area contributed by atoms with Gasteiger partial charge in [-0.3, -0.25) is 9.59 Å². The number of hydrogen-bond donors (Lipinski definition) is 1. The van der Waals surface area contributed by atoms with E-state index < -0.39 is 12.3 Å². The molecule has 0 spiro atoms. The zero-order valence-corrected chi connectivity index (χ0v) is 15.3. The molecule has 1 fully saturated rings. The van der Waals surface area contributed by atoms with E-state index in [4.69, 9.17) is 11.6 Å². The highest BCUT2D eigenvalue weighted by atomic mass is 35.5. The summed E-state index contributed by atoms with van der Waals surface area (Å²) < 4.78 is 40.3. The van der Waals surface area contributed by atoms with Gasteiger partial charge in [0.05, 0.1) is 5.92 Å². The summed E-state index contributed by atoms with van der Waals surface area (Å²) in [4.78, 5) is 26.2. The van der Waals surface area contributed by atoms with Crippen molar-refractivity contribution < 1.29 is 27.5 Å². The third kappa shape index (κ3) is 5.16. The van der Waals surface area contributed by atoms with Crippen molar-refractivity contribution in [3.8, 4) is 5.75 Å². The van der Waals surface area contributed by atoms with Gasteiger partial charge in [-0.1, -0.05) is 29.8 Å². The van der Waals surface area contributed by atoms with E-state index in [-0.39, 0.29) is 30.5 Å². The van der Waals surface area contributed by atoms with Gasteiger partial charge in [-0.2, -0.15) is 0 Å². The van der Waals surface area contributed by atoms with Gasteiger partial charge in [-0.05, 0) is 35.9 Å². The Morgan fingerprint density at radius 1 is 1.18 bits per heavy atom. The van der Waals surface area contributed by atoms with Crippen LogP contribution in [0.1, 0.15) is 12.0 Å². The predicted octanol–water partition coefficient (Wildman–Crippen LogP) is 4.23. The first-order chi connectivity index (χ1) is 13.2. The molecule has 1 N–H and O–H groups in total. The number of carbonyl (C=O) groups is 2. The Morgan fingerprint density at radius 2 is 1.86 bits per heavy atom. The maximum absolute atomic E-state index is 12.4. The maximum Gasteiger partial charge on any atom is 0.573 e. The minimum Gasteiger partial charge on any atom is -0.406 e. The SMILES string of the molecule is O=C(Nc1ccc(OC(F)(F)F)cc1)[C@H]1CC(=O)N(Cc2ccccc2Cl)C1. The Bertz CT molecular complexity index is 871. The minimum absolute atomic E-state index is 0.0611. The lowest BCUT2D eigenvalue weighted by Gasteiger charge is -2.17. The number of alkyl halides is 3. The number of rotatable bonds is 5. The van der Waals surface area contributed by atoms with E-state index in [1.165, 1.54) is 12.1 Å². The number of anilines is 1. The number of benzene rings is 2. The van der Waals surface area contributed by atoms with E-state index in [9.17, 15) is 22.8 Å². The molecule has 28 heavy (non-hydrogen) atoms. The molecular weight excluding hydrogens is 397 g/mol. The lowest BCUT2D eigenvalue weighted by molar-refractivity contribution is -0.274. The molecule has 2 aromatic carbocycles. The zero-order valence-electron chi connectivity index (χ0n) is 14.5. The second kappa shape index (κ2) is 8.10. The van der Waals surface area contributed by atoms with Crippen molar-refractivity contribution in [2.45, 2.75) is 19.3 Å². The van der Waals surface area contributed by atoms with E-state index in [2.05, 4.69) is 10.1 Å². The summed E-state index contributed by atoms with van der Waals surface area (Å²) in [7, 11) is 0. The van der Waals surface area contributed by atoms with Crippen LogP contribution in [0.4, 0.5) is 18.9 Å². The number of nitrogens with zero attached hydrogens (tertiary/aromatic N) is 1. The Balaban J connectivity index is 1.58. The van der Waals surface area contributed by atoms with Crippen LogP contribution in [-0.4, -0.2) is 29.6 Å². The molecule has 0 aliphatic carbocycles. The summed E-state index contributed by atoms with van der Waals surface area (Å²) in [6, 6.07) is 12.0. The fourth-order valence-corrected chi connectivity index (χ4v) is 3.11. The van der Waals surface area contributed by atoms with E-state index in [0.29, 0.717) is 17.3 Å². The first-order valence-corrected chi connectivity index (χ1v) is 8.77. The van der Waals surface area contributed by atoms with Crippen molar-refractivity contribution in [1.29, 1.82) is 0 Å². The van der Waals surface area contributed by atoms with E-state index in [1.807, 2.05) is 12.1 Å². The number of carbonyl (C=O) groups excluding carboxylic acids is 2. The minimum atomic E-state index is -4.78. The van der Waals surface area contributed by atoms with Crippen molar-refractivity contribution in [1.82, 2.24) is 4.90 Å². The van der Waals surface area contributed by atoms with Crippen LogP contribution in [0.5, 0.6) is 5.75 Å². The summed E-state index contributed by atoms with van der Waals surface area (Å²) in [5.74, 6) is -1.47. The lowest BCUT2D eigenvalue weighted by atomic mass is 10.1. The van der Waals surface area contributed by atoms with Crippen LogP contribution in [0.3, 0.4) is 0 Å². The number of nitrogens with one attached hydrogen (secondary N) is 1. The third-order valence-electron chi connectivity index (χ3n) is 4.26. The molecule has 0 radical (unpaired) electrons. The van der Waals surface area contributed by atoms with Crippen LogP contribution in [0.2, 0.25) is 5.02 Å². The maximum atomic E-state index is 12.4. The summed E-state index contributed by atoms with van der Waals surface area (Å²) in [5, 5.41) is 3.16. The van der Waals surface area contributed by atoms with Gasteiger partial charge in [0, 0.05) is 30.2 Å². The fourth-order valence-electron chi connectivity index (χ4n) is 2.92. The van der Waals surface area contributed by atoms with Crippen LogP contribution in [0, 0.1) is 5.92 Å². The highest BCUT2D eigenvalue weighted by Crippen LogP contribution is 2.26. The number of amides is 2. The second-order valence-electron chi connectivity index (χ2n) is 6.33. The van der Waals surface area contributed by atoms with Crippen LogP contribution < -0.4 is 10.1 Å². The van der Waals surface area contributed by atoms with Crippen LogP contribution in [0.25, 0.3) is 0 Å². The van der Waals surface area contributed by atoms with Crippen molar-refractivity contribution in [3.63, 3.8) is 0 Å². The Morgan fingerprint density at radius 3 is 2.50 bits per heavy atom. The first kappa shape index (κ1) is 20.0. The molecule has 9 heteroatoms. The molecule has 2 amide bonds. The van der Waals surface area contributed by atoms with Crippen LogP contribution in [-0.2, 0) is 16.1 Å². The predicted molar refractivity (Wildman–Crippen MR) is 96.7 cm³/mol. The van der Waals surface area contributed by atoms with Gasteiger partial charge >= 0.3 is 6.36 Å². The Hall–Kier alpha value is -2.74. The number of likely N-dealkylation sites (tertiary alicyclic amines) is 1. The summed E-state index contributed by atoms with van der Waals surface area (Å²) >= 11 is 6.11. The molecule has 1 aliphatic heterocycles. The van der Waals surface area contributed by atoms with Gasteiger partial charge in [0.2, 0.25) is 11.8 Å². The molecule has 1 aliphatic rings. The van der Waals surface area contributed by atoms with Crippen LogP contribution in [0.15, 0.2) is 48.5 Å². The highest BCUT2D eigenvalue weighted by Gasteiger charge is 2.34. The molecule has 1 heterocycles. The largest absolute Gasteiger partial charge is 0.573 e. The summed E-state index contributed by atoms with van der Waals surface area (Å²) in [5.41, 5.74) is 1.11. The summed E-state index contributed by atoms with van der Waals surface area (Å²) in [6.07, 6.45) is -4.72. The van der Waals surface area contributed by atoms with Gasteiger partial charge in [0.25, 0.3) is 0 Å². The molecule has 5 nitrogen and oxygen atoms in total. The second-order valence-corrected chi connectivity index (χ2v) is 6.74. The Labute approximate surface area is 164 Å². The van der Waals surface area contributed by atoms with Crippen molar-refractivity contribution >= 4 is 29.1 Å². The molecule has 1 saturated heterocycles. The molecule has 0 bridgehead atoms. The summed E-state index contributed by atoms with van der Waals surface area (Å²) in [6.45, 7) is 0.553. The monoisotopic (exact) mass is 412 g/mol. The van der Waals surface area contributed by atoms with Crippen molar-refractivity contribution in [2.24, 2.45) is 5.92 Å². The van der Waals surface area contributed by atoms with E-state index in [0.717, 1.165) is 17.7 Å². The average Bonchev–Trinajstić information content (AvgIpc) is 2.98. The topological polar surface area (TPSA) is 58.6 Å². The highest BCUT2D eigenvalue weighted by molar-refractivity contribution is 6.31. The van der Waals surface area contributed by atoms with Crippen LogP contribution >= 0.6 is 11.6 Å². The van der Waals surface area contributed by atoms with E-state index in [1.54, 1.807) is 17.0 Å². The zero-order chi connectivity index (χ0) is 20.3. The van der Waals surface area contributed by atoms with Gasteiger partial charge < -0.3 is 15.0 Å². The number of ether oxygens (including phenoxy) is 1. The Kier molecular flexibility index (Phi) is 5.79. The molecule has 0 saturated carbocycles. The third-order valence-corrected chi connectivity index (χ3v) is 4.63. The molecule has 2 aromatic rings. The lowest BCUT2D eigenvalue weighted by Crippen LogP contribution is -2.28. The molecule has 1 atom stereocenters. The number of halogens is 4. The molecule has 0 unspecified atom stereocenters. The van der Waals surface area contributed by atoms with Crippen molar-refractivity contribution in [2.75, 3.05) is 11.9 Å². The smallest absolute Gasteiger partial charge is 0.406 e. The molecule has 148 valence electrons. The average molecular weight is 413 g/mol. The van der Waals surface area contributed by atoms with Gasteiger partial charge in [0.1, 0.15) is 5.75 Å². The standard InChI is InChI=1S/C19H16ClF3N2O3/c20-16-4-2-1-3-12(16)10-25-11-13(9-17(25)26)18(27)24-14-5-7-15(8-6-14)28-19(21,22)23/h1-8,13H,9-11H2,(H,24,27)/t13-/m0/s1.